The van der Waals surface area contributed by atoms with Gasteiger partial charge in [0.2, 0.25) is 5.78 Å². The molecule has 0 aromatic heterocycles. The van der Waals surface area contributed by atoms with Gasteiger partial charge in [-0.25, -0.2) is 0 Å². The summed E-state index contributed by atoms with van der Waals surface area (Å²) in [5.41, 5.74) is 9.26. The molecule has 0 aliphatic carbocycles. The Bertz CT molecular complexity index is 635. The molecule has 0 heterocycles. The van der Waals surface area contributed by atoms with Crippen molar-refractivity contribution >= 4 is 11.5 Å². The van der Waals surface area contributed by atoms with Crippen molar-refractivity contribution in [1.82, 2.24) is 0 Å². The average Bonchev–Trinajstić information content (AvgIpc) is 2.41. The molecule has 0 radical (unpaired) electrons. The van der Waals surface area contributed by atoms with Gasteiger partial charge in [-0.3, -0.25) is 4.79 Å². The first-order chi connectivity index (χ1) is 9.47. The minimum absolute atomic E-state index is 0.0319. The van der Waals surface area contributed by atoms with E-state index in [0.717, 1.165) is 5.56 Å². The SMILES string of the molecule is Cc1ccc(C(=O)C(C)Oc2cccc(N)c2)cc1C. The zero-order chi connectivity index (χ0) is 14.7. The topological polar surface area (TPSA) is 52.3 Å². The van der Waals surface area contributed by atoms with E-state index in [2.05, 4.69) is 0 Å². The molecule has 1 atom stereocenters. The average molecular weight is 269 g/mol. The molecule has 104 valence electrons. The second-order valence-electron chi connectivity index (χ2n) is 5.00. The van der Waals surface area contributed by atoms with Crippen LogP contribution in [0.2, 0.25) is 0 Å². The van der Waals surface area contributed by atoms with Gasteiger partial charge in [-0.1, -0.05) is 18.2 Å². The molecule has 0 amide bonds. The predicted octanol–water partition coefficient (Wildman–Crippen LogP) is 3.54. The molecule has 0 bridgehead atoms. The van der Waals surface area contributed by atoms with Gasteiger partial charge in [0.1, 0.15) is 5.75 Å². The lowest BCUT2D eigenvalue weighted by molar-refractivity contribution is 0.0818. The maximum absolute atomic E-state index is 12.3. The summed E-state index contributed by atoms with van der Waals surface area (Å²) in [5, 5.41) is 0. The van der Waals surface area contributed by atoms with E-state index in [0.29, 0.717) is 17.0 Å². The van der Waals surface area contributed by atoms with Crippen molar-refractivity contribution < 1.29 is 9.53 Å². The third-order valence-corrected chi connectivity index (χ3v) is 3.33. The van der Waals surface area contributed by atoms with Crippen LogP contribution in [0.4, 0.5) is 5.69 Å². The highest BCUT2D eigenvalue weighted by atomic mass is 16.5. The number of aryl methyl sites for hydroxylation is 2. The Hall–Kier alpha value is -2.29. The van der Waals surface area contributed by atoms with Crippen molar-refractivity contribution in [3.63, 3.8) is 0 Å². The molecule has 3 heteroatoms. The zero-order valence-corrected chi connectivity index (χ0v) is 12.0. The number of hydrogen-bond acceptors (Lipinski definition) is 3. The molecule has 2 aromatic rings. The zero-order valence-electron chi connectivity index (χ0n) is 12.0. The van der Waals surface area contributed by atoms with Crippen LogP contribution in [0.3, 0.4) is 0 Å². The van der Waals surface area contributed by atoms with E-state index >= 15 is 0 Å². The number of carbonyl (C=O) groups is 1. The molecule has 0 aliphatic heterocycles. The van der Waals surface area contributed by atoms with Gasteiger partial charge in [-0.05, 0) is 50.1 Å². The Morgan fingerprint density at radius 2 is 1.85 bits per heavy atom. The highest BCUT2D eigenvalue weighted by Crippen LogP contribution is 2.18. The number of benzene rings is 2. The fourth-order valence-electron chi connectivity index (χ4n) is 1.97. The van der Waals surface area contributed by atoms with Gasteiger partial charge in [0, 0.05) is 17.3 Å². The molecule has 0 fully saturated rings. The van der Waals surface area contributed by atoms with Gasteiger partial charge in [0.05, 0.1) is 0 Å². The number of hydrogen-bond donors (Lipinski definition) is 1. The normalized spacial score (nSPS) is 11.9. The first-order valence-electron chi connectivity index (χ1n) is 6.61. The van der Waals surface area contributed by atoms with Gasteiger partial charge in [-0.2, -0.15) is 0 Å². The van der Waals surface area contributed by atoms with Crippen LogP contribution in [-0.2, 0) is 0 Å². The molecule has 2 N–H and O–H groups in total. The quantitative estimate of drug-likeness (QED) is 0.682. The van der Waals surface area contributed by atoms with Crippen LogP contribution in [0, 0.1) is 13.8 Å². The number of nitrogens with two attached hydrogens (primary N) is 1. The predicted molar refractivity (Wildman–Crippen MR) is 81.2 cm³/mol. The van der Waals surface area contributed by atoms with Crippen LogP contribution in [0.5, 0.6) is 5.75 Å². The monoisotopic (exact) mass is 269 g/mol. The Kier molecular flexibility index (Phi) is 4.08. The molecule has 3 nitrogen and oxygen atoms in total. The molecule has 0 aliphatic rings. The summed E-state index contributed by atoms with van der Waals surface area (Å²) in [6.07, 6.45) is -0.543. The van der Waals surface area contributed by atoms with E-state index < -0.39 is 6.10 Å². The lowest BCUT2D eigenvalue weighted by Gasteiger charge is -2.14. The second kappa shape index (κ2) is 5.78. The third-order valence-electron chi connectivity index (χ3n) is 3.33. The first-order valence-corrected chi connectivity index (χ1v) is 6.61. The molecular formula is C17H19NO2. The molecule has 2 rings (SSSR count). The molecule has 2 aromatic carbocycles. The summed E-state index contributed by atoms with van der Waals surface area (Å²) in [6.45, 7) is 5.77. The summed E-state index contributed by atoms with van der Waals surface area (Å²) in [6, 6.07) is 12.8. The number of Topliss-reactive ketones (excluding diaryl/α,β-unsaturated/α-hetero) is 1. The first kappa shape index (κ1) is 14.1. The third kappa shape index (κ3) is 3.18. The number of ether oxygens (including phenoxy) is 1. The lowest BCUT2D eigenvalue weighted by Crippen LogP contribution is -2.24. The summed E-state index contributed by atoms with van der Waals surface area (Å²) >= 11 is 0. The maximum Gasteiger partial charge on any atom is 0.203 e. The van der Waals surface area contributed by atoms with Crippen molar-refractivity contribution in [2.45, 2.75) is 26.9 Å². The van der Waals surface area contributed by atoms with Crippen LogP contribution in [0.1, 0.15) is 28.4 Å². The highest BCUT2D eigenvalue weighted by molar-refractivity contribution is 5.99. The van der Waals surface area contributed by atoms with Gasteiger partial charge >= 0.3 is 0 Å². The van der Waals surface area contributed by atoms with Crippen LogP contribution < -0.4 is 10.5 Å². The minimum Gasteiger partial charge on any atom is -0.482 e. The smallest absolute Gasteiger partial charge is 0.203 e. The van der Waals surface area contributed by atoms with Crippen molar-refractivity contribution in [2.75, 3.05) is 5.73 Å². The van der Waals surface area contributed by atoms with Gasteiger partial charge in [-0.15, -0.1) is 0 Å². The van der Waals surface area contributed by atoms with Crippen LogP contribution in [0.25, 0.3) is 0 Å². The Morgan fingerprint density at radius 1 is 1.10 bits per heavy atom. The van der Waals surface area contributed by atoms with Crippen molar-refractivity contribution in [3.8, 4) is 5.75 Å². The molecule has 0 spiro atoms. The van der Waals surface area contributed by atoms with Crippen LogP contribution in [-0.4, -0.2) is 11.9 Å². The van der Waals surface area contributed by atoms with E-state index in [9.17, 15) is 4.79 Å². The van der Waals surface area contributed by atoms with Crippen LogP contribution in [0.15, 0.2) is 42.5 Å². The molecule has 0 saturated heterocycles. The number of ketones is 1. The summed E-state index contributed by atoms with van der Waals surface area (Å²) in [5.74, 6) is 0.574. The van der Waals surface area contributed by atoms with Crippen molar-refractivity contribution in [1.29, 1.82) is 0 Å². The number of anilines is 1. The van der Waals surface area contributed by atoms with Gasteiger partial charge in [0.25, 0.3) is 0 Å². The Balaban J connectivity index is 2.14. The van der Waals surface area contributed by atoms with Crippen molar-refractivity contribution in [2.24, 2.45) is 0 Å². The molecule has 0 saturated carbocycles. The molecular weight excluding hydrogens is 250 g/mol. The van der Waals surface area contributed by atoms with E-state index in [-0.39, 0.29) is 5.78 Å². The summed E-state index contributed by atoms with van der Waals surface area (Å²) < 4.78 is 5.65. The Labute approximate surface area is 119 Å². The molecule has 20 heavy (non-hydrogen) atoms. The fourth-order valence-corrected chi connectivity index (χ4v) is 1.97. The summed E-state index contributed by atoms with van der Waals surface area (Å²) in [4.78, 5) is 12.3. The van der Waals surface area contributed by atoms with E-state index in [1.165, 1.54) is 5.56 Å². The highest BCUT2D eigenvalue weighted by Gasteiger charge is 2.17. The number of carbonyl (C=O) groups excluding carboxylic acids is 1. The lowest BCUT2D eigenvalue weighted by atomic mass is 10.0. The standard InChI is InChI=1S/C17H19NO2/c1-11-7-8-14(9-12(11)2)17(19)13(3)20-16-6-4-5-15(18)10-16/h4-10,13H,18H2,1-3H3. The second-order valence-corrected chi connectivity index (χ2v) is 5.00. The number of nitrogen functional groups attached to an aromatic ring is 1. The van der Waals surface area contributed by atoms with Gasteiger partial charge in [0.15, 0.2) is 6.10 Å². The van der Waals surface area contributed by atoms with E-state index in [1.807, 2.05) is 32.0 Å². The number of rotatable bonds is 4. The fraction of sp³-hybridized carbons (Fsp3) is 0.235. The Morgan fingerprint density at radius 3 is 2.50 bits per heavy atom. The largest absolute Gasteiger partial charge is 0.482 e. The van der Waals surface area contributed by atoms with E-state index in [1.54, 1.807) is 31.2 Å². The van der Waals surface area contributed by atoms with E-state index in [4.69, 9.17) is 10.5 Å². The summed E-state index contributed by atoms with van der Waals surface area (Å²) in [7, 11) is 0. The molecule has 1 unspecified atom stereocenters. The van der Waals surface area contributed by atoms with Crippen molar-refractivity contribution in [3.05, 3.63) is 59.2 Å². The minimum atomic E-state index is -0.543. The van der Waals surface area contributed by atoms with Gasteiger partial charge < -0.3 is 10.5 Å². The maximum atomic E-state index is 12.3. The van der Waals surface area contributed by atoms with Crippen LogP contribution >= 0.6 is 0 Å².